The predicted molar refractivity (Wildman–Crippen MR) is 152 cm³/mol. The summed E-state index contributed by atoms with van der Waals surface area (Å²) in [5, 5.41) is 12.9. The van der Waals surface area contributed by atoms with E-state index in [1.807, 2.05) is 41.4 Å². The SMILES string of the molecule is CN1CCN(C(=O)c2ccc(-c3cc4c(Nc5ccccc5P(C)C)ccnc4[nH]3)cc2)CC1.O=CO. The lowest BCUT2D eigenvalue weighted by molar-refractivity contribution is -0.122. The molecule has 3 heterocycles. The Labute approximate surface area is 218 Å². The minimum atomic E-state index is -0.250. The van der Waals surface area contributed by atoms with Crippen LogP contribution in [-0.4, -0.2) is 83.8 Å². The van der Waals surface area contributed by atoms with E-state index in [0.717, 1.165) is 65.4 Å². The third kappa shape index (κ3) is 6.16. The van der Waals surface area contributed by atoms with Crippen LogP contribution in [0, 0.1) is 0 Å². The molecule has 4 aromatic rings. The number of amides is 1. The van der Waals surface area contributed by atoms with Crippen molar-refractivity contribution in [2.24, 2.45) is 0 Å². The summed E-state index contributed by atoms with van der Waals surface area (Å²) in [6, 6.07) is 20.5. The number of H-pyrrole nitrogens is 1. The van der Waals surface area contributed by atoms with Gasteiger partial charge in [0.1, 0.15) is 5.65 Å². The molecule has 1 aliphatic rings. The van der Waals surface area contributed by atoms with Gasteiger partial charge in [0.2, 0.25) is 0 Å². The maximum absolute atomic E-state index is 12.9. The minimum absolute atomic E-state index is 0.106. The third-order valence-corrected chi connectivity index (χ3v) is 7.77. The average Bonchev–Trinajstić information content (AvgIpc) is 3.35. The lowest BCUT2D eigenvalue weighted by Gasteiger charge is -2.32. The Morgan fingerprint density at radius 3 is 2.38 bits per heavy atom. The number of anilines is 2. The van der Waals surface area contributed by atoms with Crippen LogP contribution in [0.4, 0.5) is 11.4 Å². The third-order valence-electron chi connectivity index (χ3n) is 6.42. The second-order valence-corrected chi connectivity index (χ2v) is 11.4. The quantitative estimate of drug-likeness (QED) is 0.268. The van der Waals surface area contributed by atoms with Crippen LogP contribution < -0.4 is 10.6 Å². The Bertz CT molecular complexity index is 1360. The first-order valence-electron chi connectivity index (χ1n) is 12.1. The van der Waals surface area contributed by atoms with E-state index >= 15 is 0 Å². The molecule has 1 aliphatic heterocycles. The van der Waals surface area contributed by atoms with E-state index < -0.39 is 0 Å². The van der Waals surface area contributed by atoms with Crippen LogP contribution in [0.5, 0.6) is 0 Å². The highest BCUT2D eigenvalue weighted by atomic mass is 31.1. The molecular formula is C28H32N5O3P. The van der Waals surface area contributed by atoms with E-state index in [1.165, 1.54) is 5.30 Å². The number of fused-ring (bicyclic) bond motifs is 1. The molecule has 1 saturated heterocycles. The highest BCUT2D eigenvalue weighted by Crippen LogP contribution is 2.33. The number of carbonyl (C=O) groups is 2. The van der Waals surface area contributed by atoms with E-state index in [0.29, 0.717) is 0 Å². The smallest absolute Gasteiger partial charge is 0.290 e. The lowest BCUT2D eigenvalue weighted by atomic mass is 10.1. The summed E-state index contributed by atoms with van der Waals surface area (Å²) in [4.78, 5) is 33.4. The van der Waals surface area contributed by atoms with Crippen molar-refractivity contribution in [3.8, 4) is 11.3 Å². The number of nitrogens with one attached hydrogen (secondary N) is 2. The summed E-state index contributed by atoms with van der Waals surface area (Å²) in [6.45, 7) is 7.69. The fourth-order valence-corrected chi connectivity index (χ4v) is 5.39. The lowest BCUT2D eigenvalue weighted by Crippen LogP contribution is -2.47. The fourth-order valence-electron chi connectivity index (χ4n) is 4.39. The summed E-state index contributed by atoms with van der Waals surface area (Å²) in [5.74, 6) is 0.106. The largest absolute Gasteiger partial charge is 0.483 e. The molecular weight excluding hydrogens is 485 g/mol. The summed E-state index contributed by atoms with van der Waals surface area (Å²) in [6.07, 6.45) is 1.83. The van der Waals surface area contributed by atoms with Crippen molar-refractivity contribution in [1.82, 2.24) is 19.8 Å². The van der Waals surface area contributed by atoms with Crippen LogP contribution in [0.1, 0.15) is 10.4 Å². The molecule has 0 saturated carbocycles. The highest BCUT2D eigenvalue weighted by Gasteiger charge is 2.20. The standard InChI is InChI=1S/C27H30N5OP.CH2O2/c1-31-14-16-32(17-15-31)27(33)20-10-8-19(9-11-20)24-18-21-22(12-13-28-26(21)30-24)29-23-6-4-5-7-25(23)34(2)3;2-1-3/h4-13,18H,14-17H2,1-3H3,(H2,28,29,30);1H,(H,2,3). The van der Waals surface area contributed by atoms with E-state index in [2.05, 4.69) is 70.9 Å². The van der Waals surface area contributed by atoms with Crippen LogP contribution in [0.2, 0.25) is 0 Å². The summed E-state index contributed by atoms with van der Waals surface area (Å²) >= 11 is 0. The van der Waals surface area contributed by atoms with E-state index in [9.17, 15) is 4.79 Å². The molecule has 0 atom stereocenters. The Kier molecular flexibility index (Phi) is 8.54. The van der Waals surface area contributed by atoms with Gasteiger partial charge in [-0.2, -0.15) is 0 Å². The molecule has 2 aromatic carbocycles. The van der Waals surface area contributed by atoms with Crippen LogP contribution in [0.25, 0.3) is 22.3 Å². The minimum Gasteiger partial charge on any atom is -0.483 e. The number of piperazine rings is 1. The van der Waals surface area contributed by atoms with E-state index in [4.69, 9.17) is 9.90 Å². The highest BCUT2D eigenvalue weighted by molar-refractivity contribution is 7.64. The number of likely N-dealkylation sites (N-methyl/N-ethyl adjacent to an activating group) is 1. The topological polar surface area (TPSA) is 102 Å². The number of aromatic nitrogens is 2. The maximum atomic E-state index is 12.9. The second-order valence-electron chi connectivity index (χ2n) is 9.12. The normalized spacial score (nSPS) is 13.8. The first-order chi connectivity index (χ1) is 17.9. The molecule has 0 radical (unpaired) electrons. The maximum Gasteiger partial charge on any atom is 0.290 e. The molecule has 192 valence electrons. The van der Waals surface area contributed by atoms with Gasteiger partial charge in [0.15, 0.2) is 0 Å². The number of hydrogen-bond acceptors (Lipinski definition) is 5. The molecule has 5 rings (SSSR count). The van der Waals surface area contributed by atoms with Gasteiger partial charge < -0.3 is 25.2 Å². The zero-order chi connectivity index (χ0) is 26.4. The molecule has 37 heavy (non-hydrogen) atoms. The molecule has 0 bridgehead atoms. The molecule has 0 spiro atoms. The van der Waals surface area contributed by atoms with Gasteiger partial charge in [0.25, 0.3) is 12.4 Å². The molecule has 2 aromatic heterocycles. The first-order valence-corrected chi connectivity index (χ1v) is 14.3. The number of nitrogens with zero attached hydrogens (tertiary/aromatic N) is 3. The van der Waals surface area contributed by atoms with Crippen LogP contribution in [0.15, 0.2) is 66.9 Å². The average molecular weight is 518 g/mol. The number of pyridine rings is 1. The predicted octanol–water partition coefficient (Wildman–Crippen LogP) is 4.43. The van der Waals surface area contributed by atoms with E-state index in [-0.39, 0.29) is 20.3 Å². The molecule has 1 amide bonds. The second kappa shape index (κ2) is 12.0. The summed E-state index contributed by atoms with van der Waals surface area (Å²) < 4.78 is 0. The number of rotatable bonds is 5. The van der Waals surface area contributed by atoms with Gasteiger partial charge in [-0.1, -0.05) is 38.3 Å². The molecule has 8 nitrogen and oxygen atoms in total. The zero-order valence-corrected chi connectivity index (χ0v) is 22.2. The van der Waals surface area contributed by atoms with Crippen LogP contribution in [0.3, 0.4) is 0 Å². The fraction of sp³-hybridized carbons (Fsp3) is 0.250. The molecule has 1 fully saturated rings. The van der Waals surface area contributed by atoms with Crippen molar-refractivity contribution >= 4 is 48.0 Å². The van der Waals surface area contributed by atoms with Crippen molar-refractivity contribution in [3.63, 3.8) is 0 Å². The van der Waals surface area contributed by atoms with Gasteiger partial charge in [0.05, 0.1) is 5.69 Å². The molecule has 3 N–H and O–H groups in total. The zero-order valence-electron chi connectivity index (χ0n) is 21.3. The van der Waals surface area contributed by atoms with Crippen LogP contribution in [-0.2, 0) is 4.79 Å². The first kappa shape index (κ1) is 26.3. The van der Waals surface area contributed by atoms with Gasteiger partial charge in [0, 0.05) is 54.7 Å². The number of carboxylic acid groups (broad SMARTS) is 1. The molecule has 0 aliphatic carbocycles. The monoisotopic (exact) mass is 517 g/mol. The van der Waals surface area contributed by atoms with Crippen molar-refractivity contribution in [3.05, 3.63) is 72.4 Å². The molecule has 0 unspecified atom stereocenters. The number of hydrogen-bond donors (Lipinski definition) is 3. The Morgan fingerprint density at radius 1 is 1.03 bits per heavy atom. The van der Waals surface area contributed by atoms with Gasteiger partial charge in [-0.3, -0.25) is 9.59 Å². The van der Waals surface area contributed by atoms with Gasteiger partial charge >= 0.3 is 0 Å². The molecule has 9 heteroatoms. The summed E-state index contributed by atoms with van der Waals surface area (Å²) in [7, 11) is 1.87. The number of carbonyl (C=O) groups excluding carboxylic acids is 1. The number of para-hydroxylation sites is 1. The summed E-state index contributed by atoms with van der Waals surface area (Å²) in [5.41, 5.74) is 5.75. The van der Waals surface area contributed by atoms with Crippen molar-refractivity contribution in [1.29, 1.82) is 0 Å². The number of benzene rings is 2. The Balaban J connectivity index is 0.00000102. The Hall–Kier alpha value is -3.74. The van der Waals surface area contributed by atoms with Gasteiger partial charge in [-0.25, -0.2) is 4.98 Å². The van der Waals surface area contributed by atoms with E-state index in [1.54, 1.807) is 0 Å². The Morgan fingerprint density at radius 2 is 1.70 bits per heavy atom. The van der Waals surface area contributed by atoms with Crippen molar-refractivity contribution in [2.45, 2.75) is 0 Å². The van der Waals surface area contributed by atoms with Crippen molar-refractivity contribution < 1.29 is 14.7 Å². The van der Waals surface area contributed by atoms with Gasteiger partial charge in [-0.15, -0.1) is 0 Å². The van der Waals surface area contributed by atoms with Gasteiger partial charge in [-0.05, 0) is 61.6 Å². The van der Waals surface area contributed by atoms with Crippen LogP contribution >= 0.6 is 7.92 Å². The van der Waals surface area contributed by atoms with Crippen molar-refractivity contribution in [2.75, 3.05) is 51.9 Å². The number of aromatic amines is 1.